The normalized spacial score (nSPS) is 13.0. The van der Waals surface area contributed by atoms with Crippen LogP contribution in [-0.4, -0.2) is 24.0 Å². The van der Waals surface area contributed by atoms with Crippen molar-refractivity contribution in [2.24, 2.45) is 5.92 Å². The van der Waals surface area contributed by atoms with E-state index in [0.29, 0.717) is 18.9 Å². The number of nitrogens with one attached hydrogen (secondary N) is 1. The molecule has 1 N–H and O–H groups in total. The molecule has 0 fully saturated rings. The maximum absolute atomic E-state index is 12.9. The summed E-state index contributed by atoms with van der Waals surface area (Å²) in [7, 11) is 0. The number of rotatable bonds is 9. The number of nitriles is 1. The quantitative estimate of drug-likeness (QED) is 0.647. The zero-order chi connectivity index (χ0) is 19.6. The Morgan fingerprint density at radius 1 is 1.11 bits per heavy atom. The molecule has 0 radical (unpaired) electrons. The van der Waals surface area contributed by atoms with Crippen molar-refractivity contribution in [1.82, 2.24) is 5.32 Å². The largest absolute Gasteiger partial charge is 0.355 e. The average molecular weight is 381 g/mol. The third kappa shape index (κ3) is 6.45. The molecule has 0 aliphatic rings. The highest BCUT2D eigenvalue weighted by Crippen LogP contribution is 2.28. The first-order valence-corrected chi connectivity index (χ1v) is 10.7. The number of hydrogen-bond donors (Lipinski definition) is 1. The lowest BCUT2D eigenvalue weighted by molar-refractivity contribution is -0.122. The predicted molar refractivity (Wildman–Crippen MR) is 115 cm³/mol. The van der Waals surface area contributed by atoms with Gasteiger partial charge >= 0.3 is 0 Å². The molecular weight excluding hydrogens is 352 g/mol. The molecule has 2 atom stereocenters. The van der Waals surface area contributed by atoms with Gasteiger partial charge in [0.2, 0.25) is 5.91 Å². The number of benzene rings is 2. The van der Waals surface area contributed by atoms with Crippen molar-refractivity contribution in [2.75, 3.05) is 12.8 Å². The molecule has 0 saturated carbocycles. The summed E-state index contributed by atoms with van der Waals surface area (Å²) in [6, 6.07) is 20.8. The minimum absolute atomic E-state index is 0.0479. The molecule has 0 heterocycles. The van der Waals surface area contributed by atoms with Gasteiger partial charge in [-0.05, 0) is 41.7 Å². The van der Waals surface area contributed by atoms with Crippen molar-refractivity contribution in [3.63, 3.8) is 0 Å². The number of nitrogens with zero attached hydrogens (tertiary/aromatic N) is 1. The Labute approximate surface area is 167 Å². The van der Waals surface area contributed by atoms with E-state index in [1.165, 1.54) is 11.8 Å². The fourth-order valence-corrected chi connectivity index (χ4v) is 3.58. The van der Waals surface area contributed by atoms with Crippen LogP contribution in [0.1, 0.15) is 38.2 Å². The lowest BCUT2D eigenvalue weighted by Crippen LogP contribution is -2.32. The van der Waals surface area contributed by atoms with Gasteiger partial charge in [-0.2, -0.15) is 5.26 Å². The summed E-state index contributed by atoms with van der Waals surface area (Å²) in [5.41, 5.74) is 3.32. The molecule has 2 aromatic rings. The Kier molecular flexibility index (Phi) is 8.42. The van der Waals surface area contributed by atoms with E-state index in [2.05, 4.69) is 49.5 Å². The van der Waals surface area contributed by atoms with E-state index in [-0.39, 0.29) is 17.1 Å². The Morgan fingerprint density at radius 3 is 2.44 bits per heavy atom. The zero-order valence-electron chi connectivity index (χ0n) is 16.3. The van der Waals surface area contributed by atoms with Crippen LogP contribution in [0.4, 0.5) is 0 Å². The van der Waals surface area contributed by atoms with E-state index in [9.17, 15) is 4.79 Å². The van der Waals surface area contributed by atoms with Crippen molar-refractivity contribution in [3.8, 4) is 17.2 Å². The van der Waals surface area contributed by atoms with Gasteiger partial charge in [-0.1, -0.05) is 68.4 Å². The van der Waals surface area contributed by atoms with Crippen LogP contribution in [0.3, 0.4) is 0 Å². The monoisotopic (exact) mass is 380 g/mol. The van der Waals surface area contributed by atoms with Gasteiger partial charge < -0.3 is 5.32 Å². The van der Waals surface area contributed by atoms with Crippen molar-refractivity contribution in [1.29, 1.82) is 5.26 Å². The van der Waals surface area contributed by atoms with Crippen molar-refractivity contribution in [3.05, 3.63) is 60.2 Å². The van der Waals surface area contributed by atoms with E-state index in [1.807, 2.05) is 36.6 Å². The molecular formula is C23H28N2OS. The van der Waals surface area contributed by atoms with Gasteiger partial charge in [-0.3, -0.25) is 4.79 Å². The third-order valence-electron chi connectivity index (χ3n) is 4.55. The number of carbonyl (C=O) groups is 1. The van der Waals surface area contributed by atoms with E-state index in [0.717, 1.165) is 23.1 Å². The van der Waals surface area contributed by atoms with Gasteiger partial charge in [0.05, 0.1) is 17.2 Å². The first-order chi connectivity index (χ1) is 13.0. The molecule has 27 heavy (non-hydrogen) atoms. The van der Waals surface area contributed by atoms with Crippen LogP contribution < -0.4 is 5.32 Å². The van der Waals surface area contributed by atoms with Crippen LogP contribution >= 0.6 is 11.8 Å². The SMILES string of the molecule is CSC(C#N)CCNC(=O)C(CC(C)C)c1cccc(-c2ccccc2)c1. The molecule has 2 rings (SSSR count). The highest BCUT2D eigenvalue weighted by Gasteiger charge is 2.22. The van der Waals surface area contributed by atoms with Crippen LogP contribution in [0.5, 0.6) is 0 Å². The van der Waals surface area contributed by atoms with Gasteiger partial charge in [0.15, 0.2) is 0 Å². The molecule has 1 amide bonds. The zero-order valence-corrected chi connectivity index (χ0v) is 17.1. The number of amides is 1. The maximum Gasteiger partial charge on any atom is 0.227 e. The minimum atomic E-state index is -0.177. The first-order valence-electron chi connectivity index (χ1n) is 9.40. The van der Waals surface area contributed by atoms with Crippen molar-refractivity contribution in [2.45, 2.75) is 37.9 Å². The van der Waals surface area contributed by atoms with Crippen LogP contribution in [0.2, 0.25) is 0 Å². The smallest absolute Gasteiger partial charge is 0.227 e. The van der Waals surface area contributed by atoms with E-state index < -0.39 is 0 Å². The second-order valence-electron chi connectivity index (χ2n) is 7.11. The lowest BCUT2D eigenvalue weighted by Gasteiger charge is -2.20. The summed E-state index contributed by atoms with van der Waals surface area (Å²) in [5, 5.41) is 12.0. The number of hydrogen-bond acceptors (Lipinski definition) is 3. The second kappa shape index (κ2) is 10.8. The standard InChI is InChI=1S/C23H28N2OS/c1-17(2)14-22(23(26)25-13-12-21(16-24)27-3)20-11-7-10-19(15-20)18-8-5-4-6-9-18/h4-11,15,17,21-22H,12-14H2,1-3H3,(H,25,26). The average Bonchev–Trinajstić information content (AvgIpc) is 2.70. The van der Waals surface area contributed by atoms with Gasteiger partial charge in [0.25, 0.3) is 0 Å². The molecule has 0 aromatic heterocycles. The number of carbonyl (C=O) groups excluding carboxylic acids is 1. The van der Waals surface area contributed by atoms with Gasteiger partial charge in [-0.15, -0.1) is 11.8 Å². The summed E-state index contributed by atoms with van der Waals surface area (Å²) in [5.74, 6) is 0.286. The Hall–Kier alpha value is -2.25. The highest BCUT2D eigenvalue weighted by molar-refractivity contribution is 7.99. The van der Waals surface area contributed by atoms with E-state index in [4.69, 9.17) is 5.26 Å². The summed E-state index contributed by atoms with van der Waals surface area (Å²) >= 11 is 1.52. The molecule has 3 nitrogen and oxygen atoms in total. The molecule has 0 aliphatic carbocycles. The summed E-state index contributed by atoms with van der Waals surface area (Å²) in [6.07, 6.45) is 3.39. The molecule has 4 heteroatoms. The van der Waals surface area contributed by atoms with Gasteiger partial charge in [0, 0.05) is 6.54 Å². The van der Waals surface area contributed by atoms with Crippen LogP contribution in [0, 0.1) is 17.2 Å². The van der Waals surface area contributed by atoms with E-state index >= 15 is 0 Å². The summed E-state index contributed by atoms with van der Waals surface area (Å²) < 4.78 is 0. The fourth-order valence-electron chi connectivity index (χ4n) is 3.12. The van der Waals surface area contributed by atoms with Crippen molar-refractivity contribution >= 4 is 17.7 Å². The molecule has 2 unspecified atom stereocenters. The molecule has 0 bridgehead atoms. The Balaban J connectivity index is 2.16. The predicted octanol–water partition coefficient (Wildman–Crippen LogP) is 5.24. The van der Waals surface area contributed by atoms with E-state index in [1.54, 1.807) is 0 Å². The van der Waals surface area contributed by atoms with Crippen LogP contribution in [0.15, 0.2) is 54.6 Å². The molecule has 142 valence electrons. The minimum Gasteiger partial charge on any atom is -0.355 e. The fraction of sp³-hybridized carbons (Fsp3) is 0.391. The maximum atomic E-state index is 12.9. The highest BCUT2D eigenvalue weighted by atomic mass is 32.2. The third-order valence-corrected chi connectivity index (χ3v) is 5.46. The second-order valence-corrected chi connectivity index (χ2v) is 8.15. The van der Waals surface area contributed by atoms with Crippen LogP contribution in [-0.2, 0) is 4.79 Å². The van der Waals surface area contributed by atoms with Crippen molar-refractivity contribution < 1.29 is 4.79 Å². The van der Waals surface area contributed by atoms with Crippen LogP contribution in [0.25, 0.3) is 11.1 Å². The Bertz CT molecular complexity index is 767. The van der Waals surface area contributed by atoms with Gasteiger partial charge in [-0.25, -0.2) is 0 Å². The molecule has 0 saturated heterocycles. The lowest BCUT2D eigenvalue weighted by atomic mass is 9.88. The molecule has 0 spiro atoms. The first kappa shape index (κ1) is 21.1. The summed E-state index contributed by atoms with van der Waals surface area (Å²) in [4.78, 5) is 12.9. The summed E-state index contributed by atoms with van der Waals surface area (Å²) in [6.45, 7) is 4.81. The Morgan fingerprint density at radius 2 is 1.81 bits per heavy atom. The molecule has 0 aliphatic heterocycles. The molecule has 2 aromatic carbocycles. The van der Waals surface area contributed by atoms with Gasteiger partial charge in [0.1, 0.15) is 0 Å². The topological polar surface area (TPSA) is 52.9 Å². The number of thioether (sulfide) groups is 1.